The fraction of sp³-hybridized carbons (Fsp3) is 0.345. The van der Waals surface area contributed by atoms with Gasteiger partial charge in [-0.15, -0.1) is 0 Å². The van der Waals surface area contributed by atoms with E-state index in [2.05, 4.69) is 5.32 Å². The first-order valence-corrected chi connectivity index (χ1v) is 13.0. The van der Waals surface area contributed by atoms with E-state index in [-0.39, 0.29) is 67.7 Å². The Morgan fingerprint density at radius 1 is 0.900 bits per heavy atom. The van der Waals surface area contributed by atoms with Crippen molar-refractivity contribution in [1.82, 2.24) is 10.2 Å². The molecule has 0 aliphatic carbocycles. The molecule has 1 heterocycles. The molecule has 11 nitrogen and oxygen atoms in total. The number of hydrogen-bond donors (Lipinski definition) is 2. The van der Waals surface area contributed by atoms with Crippen LogP contribution in [0.5, 0.6) is 5.75 Å². The maximum atomic E-state index is 13.2. The molecule has 0 radical (unpaired) electrons. The number of rotatable bonds is 15. The van der Waals surface area contributed by atoms with Crippen LogP contribution >= 0.6 is 0 Å². The lowest BCUT2D eigenvalue weighted by Crippen LogP contribution is -2.35. The number of benzene rings is 2. The first-order valence-electron chi connectivity index (χ1n) is 13.0. The van der Waals surface area contributed by atoms with Crippen molar-refractivity contribution in [2.75, 3.05) is 50.9 Å². The van der Waals surface area contributed by atoms with Crippen molar-refractivity contribution >= 4 is 35.2 Å². The molecular weight excluding hydrogens is 518 g/mol. The van der Waals surface area contributed by atoms with Gasteiger partial charge in [-0.25, -0.2) is 4.79 Å². The van der Waals surface area contributed by atoms with Gasteiger partial charge in [0.05, 0.1) is 24.3 Å². The van der Waals surface area contributed by atoms with Crippen LogP contribution in [0.2, 0.25) is 0 Å². The molecular formula is C29H33N3O8. The summed E-state index contributed by atoms with van der Waals surface area (Å²) in [6.45, 7) is 5.83. The van der Waals surface area contributed by atoms with Crippen LogP contribution in [0.4, 0.5) is 5.69 Å². The highest BCUT2D eigenvalue weighted by Gasteiger charge is 2.24. The van der Waals surface area contributed by atoms with Crippen molar-refractivity contribution < 1.29 is 38.6 Å². The Bertz CT molecular complexity index is 1270. The smallest absolute Gasteiger partial charge is 0.338 e. The lowest BCUT2D eigenvalue weighted by Gasteiger charge is -2.21. The van der Waals surface area contributed by atoms with Crippen LogP contribution in [0.3, 0.4) is 0 Å². The number of nitrogens with one attached hydrogen (secondary N) is 1. The van der Waals surface area contributed by atoms with Gasteiger partial charge in [0.2, 0.25) is 5.91 Å². The average Bonchev–Trinajstić information content (AvgIpc) is 3.28. The van der Waals surface area contributed by atoms with Gasteiger partial charge in [0, 0.05) is 62.1 Å². The molecule has 0 saturated carbocycles. The highest BCUT2D eigenvalue weighted by atomic mass is 16.6. The zero-order valence-electron chi connectivity index (χ0n) is 22.6. The predicted octanol–water partition coefficient (Wildman–Crippen LogP) is 2.07. The number of ether oxygens (including phenoxy) is 2. The van der Waals surface area contributed by atoms with Crippen molar-refractivity contribution in [3.05, 3.63) is 71.3 Å². The predicted molar refractivity (Wildman–Crippen MR) is 146 cm³/mol. The van der Waals surface area contributed by atoms with Crippen LogP contribution < -0.4 is 10.2 Å². The molecule has 0 spiro atoms. The van der Waals surface area contributed by atoms with Crippen molar-refractivity contribution in [1.29, 1.82) is 0 Å². The van der Waals surface area contributed by atoms with E-state index in [1.165, 1.54) is 18.2 Å². The number of imide groups is 1. The fourth-order valence-electron chi connectivity index (χ4n) is 4.09. The normalized spacial score (nSPS) is 12.5. The van der Waals surface area contributed by atoms with E-state index in [0.717, 1.165) is 35.8 Å². The van der Waals surface area contributed by atoms with Gasteiger partial charge in [-0.2, -0.15) is 0 Å². The standard InChI is InChI=1S/C29H33N3O8/c1-3-31(4-2)20-9-10-23(24(33)19-20)28(37)21-7-5-6-8-22(21)29(38)40-18-17-39-16-14-30-25(34)13-15-32-26(35)11-12-27(32)36/h5-12,19,33H,3-4,13-18H2,1-2H3,(H,30,34). The lowest BCUT2D eigenvalue weighted by atomic mass is 9.97. The summed E-state index contributed by atoms with van der Waals surface area (Å²) in [4.78, 5) is 63.8. The van der Waals surface area contributed by atoms with Crippen LogP contribution in [0, 0.1) is 0 Å². The minimum Gasteiger partial charge on any atom is -0.507 e. The van der Waals surface area contributed by atoms with Gasteiger partial charge < -0.3 is 24.8 Å². The van der Waals surface area contributed by atoms with Crippen molar-refractivity contribution in [3.63, 3.8) is 0 Å². The Labute approximate surface area is 232 Å². The summed E-state index contributed by atoms with van der Waals surface area (Å²) in [5, 5.41) is 13.1. The van der Waals surface area contributed by atoms with Gasteiger partial charge in [-0.3, -0.25) is 24.1 Å². The molecule has 40 heavy (non-hydrogen) atoms. The van der Waals surface area contributed by atoms with Gasteiger partial charge in [0.15, 0.2) is 5.78 Å². The number of phenols is 1. The number of esters is 1. The summed E-state index contributed by atoms with van der Waals surface area (Å²) >= 11 is 0. The van der Waals surface area contributed by atoms with Crippen LogP contribution in [0.1, 0.15) is 46.5 Å². The van der Waals surface area contributed by atoms with Gasteiger partial charge in [0.25, 0.3) is 11.8 Å². The highest BCUT2D eigenvalue weighted by Crippen LogP contribution is 2.28. The molecule has 0 bridgehead atoms. The van der Waals surface area contributed by atoms with Gasteiger partial charge in [-0.05, 0) is 32.0 Å². The summed E-state index contributed by atoms with van der Waals surface area (Å²) in [6, 6.07) is 11.1. The van der Waals surface area contributed by atoms with Crippen LogP contribution in [-0.4, -0.2) is 85.5 Å². The SMILES string of the molecule is CCN(CC)c1ccc(C(=O)c2ccccc2C(=O)OCCOCCNC(=O)CCN2C(=O)C=CC2=O)c(O)c1. The lowest BCUT2D eigenvalue weighted by molar-refractivity contribution is -0.137. The second kappa shape index (κ2) is 14.6. The quantitative estimate of drug-likeness (QED) is 0.147. The van der Waals surface area contributed by atoms with Crippen LogP contribution in [0.25, 0.3) is 0 Å². The molecule has 0 aromatic heterocycles. The number of ketones is 1. The number of carbonyl (C=O) groups excluding carboxylic acids is 5. The first kappa shape index (κ1) is 30.0. The highest BCUT2D eigenvalue weighted by molar-refractivity contribution is 6.16. The maximum absolute atomic E-state index is 13.2. The minimum absolute atomic E-state index is 0.00146. The summed E-state index contributed by atoms with van der Waals surface area (Å²) < 4.78 is 10.6. The Kier molecular flexibility index (Phi) is 11.0. The molecule has 2 aromatic rings. The molecule has 2 aromatic carbocycles. The van der Waals surface area contributed by atoms with Crippen molar-refractivity contribution in [3.8, 4) is 5.75 Å². The monoisotopic (exact) mass is 551 g/mol. The topological polar surface area (TPSA) is 143 Å². The van der Waals surface area contributed by atoms with Gasteiger partial charge in [0.1, 0.15) is 12.4 Å². The van der Waals surface area contributed by atoms with Crippen LogP contribution in [-0.2, 0) is 23.9 Å². The third-order valence-electron chi connectivity index (χ3n) is 6.24. The number of hydrogen-bond acceptors (Lipinski definition) is 9. The average molecular weight is 552 g/mol. The zero-order chi connectivity index (χ0) is 29.1. The van der Waals surface area contributed by atoms with E-state index >= 15 is 0 Å². The molecule has 11 heteroatoms. The molecule has 1 aliphatic rings. The number of phenolic OH excluding ortho intramolecular Hbond substituents is 1. The van der Waals surface area contributed by atoms with E-state index in [9.17, 15) is 29.1 Å². The zero-order valence-corrected chi connectivity index (χ0v) is 22.6. The molecule has 1 aliphatic heterocycles. The molecule has 0 fully saturated rings. The summed E-state index contributed by atoms with van der Waals surface area (Å²) in [5.74, 6) is -2.60. The van der Waals surface area contributed by atoms with E-state index in [0.29, 0.717) is 0 Å². The van der Waals surface area contributed by atoms with E-state index in [1.807, 2.05) is 18.7 Å². The second-order valence-electron chi connectivity index (χ2n) is 8.76. The maximum Gasteiger partial charge on any atom is 0.338 e. The van der Waals surface area contributed by atoms with E-state index in [1.54, 1.807) is 24.3 Å². The second-order valence-corrected chi connectivity index (χ2v) is 8.76. The number of anilines is 1. The summed E-state index contributed by atoms with van der Waals surface area (Å²) in [5.41, 5.74) is 1.04. The third kappa shape index (κ3) is 7.76. The molecule has 0 atom stereocenters. The first-order chi connectivity index (χ1) is 19.3. The van der Waals surface area contributed by atoms with E-state index in [4.69, 9.17) is 9.47 Å². The number of carbonyl (C=O) groups is 5. The minimum atomic E-state index is -0.708. The Balaban J connectivity index is 1.43. The summed E-state index contributed by atoms with van der Waals surface area (Å²) in [7, 11) is 0. The number of aromatic hydroxyl groups is 1. The van der Waals surface area contributed by atoms with Gasteiger partial charge >= 0.3 is 5.97 Å². The molecule has 3 amide bonds. The van der Waals surface area contributed by atoms with Gasteiger partial charge in [-0.1, -0.05) is 18.2 Å². The fourth-order valence-corrected chi connectivity index (χ4v) is 4.09. The van der Waals surface area contributed by atoms with Crippen molar-refractivity contribution in [2.45, 2.75) is 20.3 Å². The molecule has 0 saturated heterocycles. The largest absolute Gasteiger partial charge is 0.507 e. The number of amides is 3. The summed E-state index contributed by atoms with van der Waals surface area (Å²) in [6.07, 6.45) is 2.30. The Hall–Kier alpha value is -4.51. The molecule has 3 rings (SSSR count). The molecule has 0 unspecified atom stereocenters. The molecule has 212 valence electrons. The third-order valence-corrected chi connectivity index (χ3v) is 6.24. The van der Waals surface area contributed by atoms with E-state index < -0.39 is 23.6 Å². The number of nitrogens with zero attached hydrogens (tertiary/aromatic N) is 2. The van der Waals surface area contributed by atoms with Crippen molar-refractivity contribution in [2.24, 2.45) is 0 Å². The Morgan fingerprint density at radius 3 is 2.23 bits per heavy atom. The van der Waals surface area contributed by atoms with Crippen LogP contribution in [0.15, 0.2) is 54.6 Å². The Morgan fingerprint density at radius 2 is 1.57 bits per heavy atom. The molecule has 2 N–H and O–H groups in total.